The third-order valence-electron chi connectivity index (χ3n) is 4.90. The molecule has 8 heteroatoms. The molecular weight excluding hydrogens is 371 g/mol. The number of hydrogen-bond acceptors (Lipinski definition) is 2. The summed E-state index contributed by atoms with van der Waals surface area (Å²) < 4.78 is 38.4. The van der Waals surface area contributed by atoms with Crippen molar-refractivity contribution in [1.82, 2.24) is 16.0 Å². The molecule has 1 aromatic rings. The monoisotopic (exact) mass is 399 g/mol. The average molecular weight is 399 g/mol. The number of hydrogen-bond donors (Lipinski definition) is 3. The van der Waals surface area contributed by atoms with Gasteiger partial charge in [-0.25, -0.2) is 4.79 Å². The van der Waals surface area contributed by atoms with Gasteiger partial charge < -0.3 is 16.0 Å². The Morgan fingerprint density at radius 1 is 1.18 bits per heavy atom. The molecule has 0 spiro atoms. The van der Waals surface area contributed by atoms with Crippen molar-refractivity contribution in [3.63, 3.8) is 0 Å². The van der Waals surface area contributed by atoms with Gasteiger partial charge in [0.25, 0.3) is 0 Å². The van der Waals surface area contributed by atoms with E-state index in [2.05, 4.69) is 16.0 Å². The van der Waals surface area contributed by atoms with Gasteiger partial charge in [0.1, 0.15) is 0 Å². The first kappa shape index (κ1) is 22.0. The predicted molar refractivity (Wildman–Crippen MR) is 101 cm³/mol. The lowest BCUT2D eigenvalue weighted by Gasteiger charge is -2.22. The maximum Gasteiger partial charge on any atom is 0.416 e. The quantitative estimate of drug-likeness (QED) is 0.599. The van der Waals surface area contributed by atoms with E-state index in [9.17, 15) is 22.8 Å². The van der Waals surface area contributed by atoms with E-state index in [-0.39, 0.29) is 24.4 Å². The van der Waals surface area contributed by atoms with Gasteiger partial charge in [-0.2, -0.15) is 13.2 Å². The van der Waals surface area contributed by atoms with Crippen LogP contribution >= 0.6 is 0 Å². The van der Waals surface area contributed by atoms with E-state index in [0.717, 1.165) is 37.8 Å². The van der Waals surface area contributed by atoms with Crippen molar-refractivity contribution in [2.45, 2.75) is 70.1 Å². The lowest BCUT2D eigenvalue weighted by Crippen LogP contribution is -2.43. The summed E-state index contributed by atoms with van der Waals surface area (Å²) in [4.78, 5) is 23.8. The smallest absolute Gasteiger partial charge is 0.350 e. The normalized spacial score (nSPS) is 16.3. The van der Waals surface area contributed by atoms with Crippen molar-refractivity contribution in [3.8, 4) is 0 Å². The van der Waals surface area contributed by atoms with Gasteiger partial charge in [-0.1, -0.05) is 31.4 Å². The largest absolute Gasteiger partial charge is 0.416 e. The number of benzene rings is 1. The SMILES string of the molecule is C[C@@H](NC(=O)CCCNC(=O)NC1CCCCC1)c1cccc(C(F)(F)F)c1. The number of urea groups is 1. The van der Waals surface area contributed by atoms with E-state index >= 15 is 0 Å². The molecule has 1 aliphatic rings. The van der Waals surface area contributed by atoms with Gasteiger partial charge in [-0.3, -0.25) is 4.79 Å². The second-order valence-corrected chi connectivity index (χ2v) is 7.25. The third kappa shape index (κ3) is 7.40. The van der Waals surface area contributed by atoms with E-state index in [0.29, 0.717) is 18.5 Å². The fraction of sp³-hybridized carbons (Fsp3) is 0.600. The Balaban J connectivity index is 1.67. The molecule has 156 valence electrons. The Bertz CT molecular complexity index is 658. The van der Waals surface area contributed by atoms with Crippen LogP contribution < -0.4 is 16.0 Å². The molecule has 1 atom stereocenters. The Morgan fingerprint density at radius 2 is 1.89 bits per heavy atom. The van der Waals surface area contributed by atoms with Crippen LogP contribution in [0, 0.1) is 0 Å². The molecule has 0 unspecified atom stereocenters. The molecular formula is C20H28F3N3O2. The van der Waals surface area contributed by atoms with Gasteiger partial charge in [0.2, 0.25) is 5.91 Å². The molecule has 0 bridgehead atoms. The maximum absolute atomic E-state index is 12.8. The molecule has 5 nitrogen and oxygen atoms in total. The number of nitrogens with one attached hydrogen (secondary N) is 3. The zero-order valence-electron chi connectivity index (χ0n) is 16.1. The zero-order chi connectivity index (χ0) is 20.6. The molecule has 0 aromatic heterocycles. The first-order valence-corrected chi connectivity index (χ1v) is 9.76. The summed E-state index contributed by atoms with van der Waals surface area (Å²) in [6, 6.07) is 4.41. The first-order chi connectivity index (χ1) is 13.3. The number of carbonyl (C=O) groups is 2. The van der Waals surface area contributed by atoms with E-state index in [4.69, 9.17) is 0 Å². The fourth-order valence-electron chi connectivity index (χ4n) is 3.32. The highest BCUT2D eigenvalue weighted by molar-refractivity contribution is 5.77. The molecule has 3 N–H and O–H groups in total. The van der Waals surface area contributed by atoms with Gasteiger partial charge in [-0.15, -0.1) is 0 Å². The van der Waals surface area contributed by atoms with Gasteiger partial charge >= 0.3 is 12.2 Å². The van der Waals surface area contributed by atoms with Crippen LogP contribution in [0.15, 0.2) is 24.3 Å². The van der Waals surface area contributed by atoms with E-state index in [1.54, 1.807) is 13.0 Å². The van der Waals surface area contributed by atoms with Crippen LogP contribution in [-0.2, 0) is 11.0 Å². The van der Waals surface area contributed by atoms with E-state index in [1.165, 1.54) is 12.5 Å². The molecule has 0 heterocycles. The molecule has 3 amide bonds. The van der Waals surface area contributed by atoms with Crippen molar-refractivity contribution in [2.24, 2.45) is 0 Å². The van der Waals surface area contributed by atoms with Crippen molar-refractivity contribution in [2.75, 3.05) is 6.54 Å². The van der Waals surface area contributed by atoms with Crippen molar-refractivity contribution < 1.29 is 22.8 Å². The van der Waals surface area contributed by atoms with Crippen molar-refractivity contribution in [3.05, 3.63) is 35.4 Å². The van der Waals surface area contributed by atoms with Crippen LogP contribution in [0.25, 0.3) is 0 Å². The summed E-state index contributed by atoms with van der Waals surface area (Å²) in [5.74, 6) is -0.264. The Labute approximate surface area is 163 Å². The minimum atomic E-state index is -4.41. The van der Waals surface area contributed by atoms with Crippen LogP contribution in [0.4, 0.5) is 18.0 Å². The summed E-state index contributed by atoms with van der Waals surface area (Å²) in [5, 5.41) is 8.37. The Morgan fingerprint density at radius 3 is 2.57 bits per heavy atom. The number of halogens is 3. The molecule has 1 aromatic carbocycles. The molecule has 1 fully saturated rings. The zero-order valence-corrected chi connectivity index (χ0v) is 16.1. The van der Waals surface area contributed by atoms with Crippen LogP contribution in [0.5, 0.6) is 0 Å². The summed E-state index contributed by atoms with van der Waals surface area (Å²) in [6.45, 7) is 2.01. The third-order valence-corrected chi connectivity index (χ3v) is 4.90. The van der Waals surface area contributed by atoms with E-state index in [1.807, 2.05) is 0 Å². The molecule has 28 heavy (non-hydrogen) atoms. The minimum Gasteiger partial charge on any atom is -0.350 e. The topological polar surface area (TPSA) is 70.2 Å². The van der Waals surface area contributed by atoms with Crippen LogP contribution in [-0.4, -0.2) is 24.5 Å². The second-order valence-electron chi connectivity index (χ2n) is 7.25. The van der Waals surface area contributed by atoms with Crippen molar-refractivity contribution in [1.29, 1.82) is 0 Å². The highest BCUT2D eigenvalue weighted by Crippen LogP contribution is 2.30. The van der Waals surface area contributed by atoms with Crippen molar-refractivity contribution >= 4 is 11.9 Å². The van der Waals surface area contributed by atoms with Gasteiger partial charge in [-0.05, 0) is 43.9 Å². The Kier molecular flexibility index (Phi) is 8.14. The minimum absolute atomic E-state index is 0.188. The van der Waals surface area contributed by atoms with E-state index < -0.39 is 17.8 Å². The van der Waals surface area contributed by atoms with Crippen LogP contribution in [0.1, 0.15) is 69.0 Å². The Hall–Kier alpha value is -2.25. The maximum atomic E-state index is 12.8. The number of amides is 3. The molecule has 0 radical (unpaired) electrons. The van der Waals surface area contributed by atoms with Crippen LogP contribution in [0.2, 0.25) is 0 Å². The van der Waals surface area contributed by atoms with Gasteiger partial charge in [0.15, 0.2) is 0 Å². The number of rotatable bonds is 7. The highest BCUT2D eigenvalue weighted by Gasteiger charge is 2.30. The molecule has 0 aliphatic heterocycles. The standard InChI is InChI=1S/C20H28F3N3O2/c1-14(15-7-5-8-16(13-15)20(21,22)23)25-18(27)11-6-12-24-19(28)26-17-9-3-2-4-10-17/h5,7-8,13-14,17H,2-4,6,9-12H2,1H3,(H,25,27)(H2,24,26,28)/t14-/m1/s1. The molecule has 2 rings (SSSR count). The summed E-state index contributed by atoms with van der Waals surface area (Å²) in [7, 11) is 0. The summed E-state index contributed by atoms with van der Waals surface area (Å²) in [6.07, 6.45) is 1.72. The fourth-order valence-corrected chi connectivity index (χ4v) is 3.32. The predicted octanol–water partition coefficient (Wildman–Crippen LogP) is 4.29. The lowest BCUT2D eigenvalue weighted by molar-refractivity contribution is -0.137. The van der Waals surface area contributed by atoms with Gasteiger partial charge in [0, 0.05) is 19.0 Å². The highest BCUT2D eigenvalue weighted by atomic mass is 19.4. The summed E-state index contributed by atoms with van der Waals surface area (Å²) in [5.41, 5.74) is -0.340. The second kappa shape index (κ2) is 10.3. The van der Waals surface area contributed by atoms with Gasteiger partial charge in [0.05, 0.1) is 11.6 Å². The lowest BCUT2D eigenvalue weighted by atomic mass is 9.96. The summed E-state index contributed by atoms with van der Waals surface area (Å²) >= 11 is 0. The first-order valence-electron chi connectivity index (χ1n) is 9.76. The number of alkyl halides is 3. The number of carbonyl (C=O) groups excluding carboxylic acids is 2. The average Bonchev–Trinajstić information content (AvgIpc) is 2.65. The molecule has 0 saturated heterocycles. The molecule has 1 aliphatic carbocycles. The van der Waals surface area contributed by atoms with Crippen LogP contribution in [0.3, 0.4) is 0 Å². The molecule has 1 saturated carbocycles.